The van der Waals surface area contributed by atoms with Crippen molar-refractivity contribution < 1.29 is 21.2 Å². The van der Waals surface area contributed by atoms with Crippen LogP contribution in [0.25, 0.3) is 0 Å². The average Bonchev–Trinajstić information content (AvgIpc) is 2.84. The molecule has 0 spiro atoms. The predicted molar refractivity (Wildman–Crippen MR) is 92.1 cm³/mol. The van der Waals surface area contributed by atoms with Gasteiger partial charge in [-0.3, -0.25) is 4.31 Å². The maximum absolute atomic E-state index is 14.2. The summed E-state index contributed by atoms with van der Waals surface area (Å²) >= 11 is 5.70. The third-order valence-corrected chi connectivity index (χ3v) is 7.13. The number of anilines is 1. The largest absolute Gasteiger partial charge is 0.267 e. The molecule has 0 aliphatic carbocycles. The lowest BCUT2D eigenvalue weighted by Crippen LogP contribution is -2.36. The summed E-state index contributed by atoms with van der Waals surface area (Å²) in [7, 11) is -8.11. The SMILES string of the molecule is CC1Cc2cc(S(N)(=O)=O)ccc2N1S(=O)(=O)c1cccc(Cl)c1F. The van der Waals surface area contributed by atoms with E-state index in [4.69, 9.17) is 16.7 Å². The number of benzene rings is 2. The van der Waals surface area contributed by atoms with Gasteiger partial charge in [-0.2, -0.15) is 0 Å². The van der Waals surface area contributed by atoms with Crippen LogP contribution >= 0.6 is 11.6 Å². The number of nitrogens with two attached hydrogens (primary N) is 1. The fourth-order valence-electron chi connectivity index (χ4n) is 2.91. The van der Waals surface area contributed by atoms with Crippen LogP contribution < -0.4 is 9.44 Å². The van der Waals surface area contributed by atoms with Gasteiger partial charge in [0.2, 0.25) is 10.0 Å². The number of sulfonamides is 2. The van der Waals surface area contributed by atoms with Crippen LogP contribution in [0.4, 0.5) is 10.1 Å². The van der Waals surface area contributed by atoms with E-state index < -0.39 is 36.8 Å². The number of nitrogens with zero attached hydrogens (tertiary/aromatic N) is 1. The van der Waals surface area contributed by atoms with Gasteiger partial charge in [0, 0.05) is 6.04 Å². The maximum atomic E-state index is 14.2. The first-order chi connectivity index (χ1) is 11.5. The normalized spacial score (nSPS) is 17.6. The van der Waals surface area contributed by atoms with Crippen molar-refractivity contribution in [2.24, 2.45) is 5.14 Å². The molecular weight excluding hydrogens is 391 g/mol. The topological polar surface area (TPSA) is 97.5 Å². The van der Waals surface area contributed by atoms with Gasteiger partial charge in [-0.1, -0.05) is 17.7 Å². The summed E-state index contributed by atoms with van der Waals surface area (Å²) in [5.74, 6) is -1.02. The van der Waals surface area contributed by atoms with Gasteiger partial charge < -0.3 is 0 Å². The molecule has 10 heteroatoms. The summed E-state index contributed by atoms with van der Waals surface area (Å²) in [6, 6.07) is 7.15. The standard InChI is InChI=1S/C15H14ClFN2O4S2/c1-9-7-10-8-11(24(18,20)21)5-6-13(10)19(9)25(22,23)14-4-2-3-12(16)15(14)17/h2-6,8-9H,7H2,1H3,(H2,18,20,21). The second-order valence-corrected chi connectivity index (χ2v) is 9.49. The van der Waals surface area contributed by atoms with E-state index >= 15 is 0 Å². The average molecular weight is 405 g/mol. The Labute approximate surface area is 150 Å². The van der Waals surface area contributed by atoms with E-state index in [-0.39, 0.29) is 16.3 Å². The molecule has 6 nitrogen and oxygen atoms in total. The fourth-order valence-corrected chi connectivity index (χ4v) is 5.49. The Hall–Kier alpha value is -1.68. The second-order valence-electron chi connectivity index (χ2n) is 5.74. The van der Waals surface area contributed by atoms with Crippen molar-refractivity contribution in [1.29, 1.82) is 0 Å². The molecule has 0 radical (unpaired) electrons. The van der Waals surface area contributed by atoms with Gasteiger partial charge in [-0.25, -0.2) is 26.4 Å². The first kappa shape index (κ1) is 18.1. The van der Waals surface area contributed by atoms with Gasteiger partial charge in [-0.05, 0) is 49.2 Å². The van der Waals surface area contributed by atoms with Crippen molar-refractivity contribution in [2.45, 2.75) is 29.2 Å². The van der Waals surface area contributed by atoms with E-state index in [1.165, 1.54) is 30.3 Å². The molecule has 1 heterocycles. The lowest BCUT2D eigenvalue weighted by atomic mass is 10.1. The third kappa shape index (κ3) is 3.01. The van der Waals surface area contributed by atoms with Gasteiger partial charge in [-0.15, -0.1) is 0 Å². The summed E-state index contributed by atoms with van der Waals surface area (Å²) in [5, 5.41) is 4.82. The molecule has 2 aromatic carbocycles. The highest BCUT2D eigenvalue weighted by atomic mass is 35.5. The Morgan fingerprint density at radius 2 is 1.88 bits per heavy atom. The molecule has 25 heavy (non-hydrogen) atoms. The van der Waals surface area contributed by atoms with Gasteiger partial charge in [0.1, 0.15) is 4.90 Å². The summed E-state index contributed by atoms with van der Waals surface area (Å²) < 4.78 is 64.2. The molecule has 0 saturated heterocycles. The first-order valence-corrected chi connectivity index (χ1v) is 10.5. The smallest absolute Gasteiger partial charge is 0.263 e. The molecule has 0 amide bonds. The van der Waals surface area contributed by atoms with E-state index in [1.54, 1.807) is 6.92 Å². The molecule has 0 aromatic heterocycles. The van der Waals surface area contributed by atoms with Crippen LogP contribution in [0.1, 0.15) is 12.5 Å². The lowest BCUT2D eigenvalue weighted by Gasteiger charge is -2.24. The van der Waals surface area contributed by atoms with Crippen LogP contribution in [0.2, 0.25) is 5.02 Å². The van der Waals surface area contributed by atoms with Crippen LogP contribution in [-0.2, 0) is 26.5 Å². The molecule has 2 aromatic rings. The molecule has 134 valence electrons. The van der Waals surface area contributed by atoms with Gasteiger partial charge in [0.15, 0.2) is 5.82 Å². The van der Waals surface area contributed by atoms with Crippen molar-refractivity contribution in [3.05, 3.63) is 52.8 Å². The van der Waals surface area contributed by atoms with Gasteiger partial charge >= 0.3 is 0 Å². The van der Waals surface area contributed by atoms with E-state index in [2.05, 4.69) is 0 Å². The quantitative estimate of drug-likeness (QED) is 0.848. The lowest BCUT2D eigenvalue weighted by molar-refractivity contribution is 0.559. The minimum Gasteiger partial charge on any atom is -0.263 e. The van der Waals surface area contributed by atoms with Gasteiger partial charge in [0.05, 0.1) is 15.6 Å². The van der Waals surface area contributed by atoms with Gasteiger partial charge in [0.25, 0.3) is 10.0 Å². The monoisotopic (exact) mass is 404 g/mol. The van der Waals surface area contributed by atoms with Crippen molar-refractivity contribution in [2.75, 3.05) is 4.31 Å². The van der Waals surface area contributed by atoms with E-state index in [9.17, 15) is 21.2 Å². The Balaban J connectivity index is 2.15. The van der Waals surface area contributed by atoms with E-state index in [1.807, 2.05) is 0 Å². The number of rotatable bonds is 3. The second kappa shape index (κ2) is 5.94. The van der Waals surface area contributed by atoms with Crippen LogP contribution in [0.3, 0.4) is 0 Å². The Kier molecular flexibility index (Phi) is 4.31. The minimum atomic E-state index is -4.21. The Bertz CT molecular complexity index is 1070. The molecule has 1 atom stereocenters. The fraction of sp³-hybridized carbons (Fsp3) is 0.200. The molecule has 3 rings (SSSR count). The highest BCUT2D eigenvalue weighted by molar-refractivity contribution is 7.93. The molecule has 1 aliphatic rings. The molecule has 1 unspecified atom stereocenters. The Morgan fingerprint density at radius 1 is 1.20 bits per heavy atom. The highest BCUT2D eigenvalue weighted by Gasteiger charge is 2.38. The number of hydrogen-bond acceptors (Lipinski definition) is 4. The van der Waals surface area contributed by atoms with Crippen molar-refractivity contribution in [1.82, 2.24) is 0 Å². The molecular formula is C15H14ClFN2O4S2. The predicted octanol–water partition coefficient (Wildman–Crippen LogP) is 2.27. The highest BCUT2D eigenvalue weighted by Crippen LogP contribution is 2.38. The summed E-state index contributed by atoms with van der Waals surface area (Å²) in [6.45, 7) is 1.65. The van der Waals surface area contributed by atoms with Crippen molar-refractivity contribution in [3.63, 3.8) is 0 Å². The molecule has 2 N–H and O–H groups in total. The van der Waals surface area contributed by atoms with Crippen LogP contribution in [-0.4, -0.2) is 22.9 Å². The van der Waals surface area contributed by atoms with Crippen molar-refractivity contribution >= 4 is 37.3 Å². The zero-order chi connectivity index (χ0) is 18.6. The zero-order valence-electron chi connectivity index (χ0n) is 13.0. The number of fused-ring (bicyclic) bond motifs is 1. The zero-order valence-corrected chi connectivity index (χ0v) is 15.4. The summed E-state index contributed by atoms with van der Waals surface area (Å²) in [4.78, 5) is -0.637. The first-order valence-electron chi connectivity index (χ1n) is 7.17. The molecule has 1 aliphatic heterocycles. The van der Waals surface area contributed by atoms with E-state index in [0.717, 1.165) is 10.4 Å². The maximum Gasteiger partial charge on any atom is 0.267 e. The summed E-state index contributed by atoms with van der Waals surface area (Å²) in [6.07, 6.45) is 0.278. The van der Waals surface area contributed by atoms with Crippen molar-refractivity contribution in [3.8, 4) is 0 Å². The third-order valence-electron chi connectivity index (χ3n) is 3.99. The number of primary sulfonamides is 1. The van der Waals surface area contributed by atoms with Crippen LogP contribution in [0, 0.1) is 5.82 Å². The Morgan fingerprint density at radius 3 is 2.52 bits per heavy atom. The molecule has 0 saturated carbocycles. The van der Waals surface area contributed by atoms with E-state index in [0.29, 0.717) is 11.3 Å². The molecule has 0 bridgehead atoms. The molecule has 0 fully saturated rings. The summed E-state index contributed by atoms with van der Waals surface area (Å²) in [5.41, 5.74) is 0.796. The van der Waals surface area contributed by atoms with Crippen LogP contribution in [0.15, 0.2) is 46.2 Å². The number of hydrogen-bond donors (Lipinski definition) is 1. The minimum absolute atomic E-state index is 0.105. The number of halogens is 2. The van der Waals surface area contributed by atoms with Crippen LogP contribution in [0.5, 0.6) is 0 Å².